The minimum atomic E-state index is -0.361. The van der Waals surface area contributed by atoms with Crippen molar-refractivity contribution in [3.8, 4) is 5.75 Å². The van der Waals surface area contributed by atoms with Gasteiger partial charge in [0.05, 0.1) is 11.7 Å². The molecule has 0 aliphatic heterocycles. The van der Waals surface area contributed by atoms with Crippen molar-refractivity contribution in [3.05, 3.63) is 59.7 Å². The highest BCUT2D eigenvalue weighted by atomic mass is 32.1. The summed E-state index contributed by atoms with van der Waals surface area (Å²) in [5, 5.41) is 8.65. The summed E-state index contributed by atoms with van der Waals surface area (Å²) in [5.41, 5.74) is 1.30. The minimum Gasteiger partial charge on any atom is -0.490 e. The molecule has 2 aromatic rings. The van der Waals surface area contributed by atoms with Crippen molar-refractivity contribution in [1.82, 2.24) is 10.6 Å². The first kappa shape index (κ1) is 22.4. The van der Waals surface area contributed by atoms with E-state index in [1.807, 2.05) is 40.7 Å². The van der Waals surface area contributed by atoms with E-state index in [1.165, 1.54) is 0 Å². The van der Waals surface area contributed by atoms with Crippen molar-refractivity contribution >= 4 is 34.8 Å². The second-order valence-corrected chi connectivity index (χ2v) is 8.26. The Balaban J connectivity index is 1.99. The lowest BCUT2D eigenvalue weighted by atomic mass is 10.1. The molecule has 0 heterocycles. The van der Waals surface area contributed by atoms with E-state index in [2.05, 4.69) is 16.0 Å². The molecule has 29 heavy (non-hydrogen) atoms. The molecule has 154 valence electrons. The van der Waals surface area contributed by atoms with Gasteiger partial charge in [-0.15, -0.1) is 0 Å². The fraction of sp³-hybridized carbons (Fsp3) is 0.318. The van der Waals surface area contributed by atoms with Gasteiger partial charge >= 0.3 is 0 Å². The van der Waals surface area contributed by atoms with Gasteiger partial charge < -0.3 is 15.4 Å². The van der Waals surface area contributed by atoms with Gasteiger partial charge in [0.2, 0.25) is 0 Å². The highest BCUT2D eigenvalue weighted by Crippen LogP contribution is 2.19. The molecule has 0 saturated carbocycles. The van der Waals surface area contributed by atoms with Crippen LogP contribution in [0.3, 0.4) is 0 Å². The van der Waals surface area contributed by atoms with Crippen molar-refractivity contribution in [2.45, 2.75) is 46.3 Å². The average molecular weight is 414 g/mol. The van der Waals surface area contributed by atoms with E-state index in [0.717, 1.165) is 0 Å². The lowest BCUT2D eigenvalue weighted by molar-refractivity contribution is 0.0918. The van der Waals surface area contributed by atoms with E-state index >= 15 is 0 Å². The average Bonchev–Trinajstić information content (AvgIpc) is 2.60. The summed E-state index contributed by atoms with van der Waals surface area (Å²) in [6.07, 6.45) is -0.0528. The zero-order valence-corrected chi connectivity index (χ0v) is 18.1. The van der Waals surface area contributed by atoms with Gasteiger partial charge in [-0.25, -0.2) is 0 Å². The van der Waals surface area contributed by atoms with Crippen LogP contribution in [0.15, 0.2) is 48.5 Å². The second-order valence-electron chi connectivity index (χ2n) is 7.85. The largest absolute Gasteiger partial charge is 0.490 e. The number of benzene rings is 2. The van der Waals surface area contributed by atoms with Gasteiger partial charge in [0, 0.05) is 16.8 Å². The molecule has 0 spiro atoms. The second kappa shape index (κ2) is 9.52. The van der Waals surface area contributed by atoms with E-state index in [4.69, 9.17) is 17.0 Å². The van der Waals surface area contributed by atoms with Crippen LogP contribution >= 0.6 is 12.2 Å². The number of hydrogen-bond acceptors (Lipinski definition) is 4. The first-order chi connectivity index (χ1) is 13.5. The molecule has 0 aromatic heterocycles. The van der Waals surface area contributed by atoms with Crippen molar-refractivity contribution in [2.75, 3.05) is 5.32 Å². The molecular weight excluding hydrogens is 386 g/mol. The van der Waals surface area contributed by atoms with Crippen LogP contribution in [0.4, 0.5) is 5.69 Å². The van der Waals surface area contributed by atoms with Crippen molar-refractivity contribution < 1.29 is 14.3 Å². The molecule has 0 aliphatic rings. The zero-order chi connectivity index (χ0) is 21.6. The number of nitrogens with one attached hydrogen (secondary N) is 3. The van der Waals surface area contributed by atoms with Crippen LogP contribution in [0.25, 0.3) is 0 Å². The smallest absolute Gasteiger partial charge is 0.261 e. The normalized spacial score (nSPS) is 11.0. The Hall–Kier alpha value is -2.93. The van der Waals surface area contributed by atoms with Crippen LogP contribution in [0.5, 0.6) is 5.75 Å². The van der Waals surface area contributed by atoms with Crippen LogP contribution < -0.4 is 20.7 Å². The number of carbonyl (C=O) groups is 2. The zero-order valence-electron chi connectivity index (χ0n) is 17.3. The van der Waals surface area contributed by atoms with E-state index < -0.39 is 0 Å². The molecule has 0 radical (unpaired) electrons. The van der Waals surface area contributed by atoms with Crippen LogP contribution in [0.2, 0.25) is 0 Å². The third-order valence-corrected chi connectivity index (χ3v) is 3.82. The van der Waals surface area contributed by atoms with Gasteiger partial charge in [0.1, 0.15) is 5.75 Å². The predicted molar refractivity (Wildman–Crippen MR) is 120 cm³/mol. The SMILES string of the molecule is CC(C)Oc1ccccc1C(=O)NC(=S)Nc1ccc(C(=O)NC(C)(C)C)cc1. The summed E-state index contributed by atoms with van der Waals surface area (Å²) >= 11 is 5.24. The van der Waals surface area contributed by atoms with Crippen LogP contribution in [0.1, 0.15) is 55.3 Å². The van der Waals surface area contributed by atoms with Crippen LogP contribution in [0, 0.1) is 0 Å². The van der Waals surface area contributed by atoms with Gasteiger partial charge in [-0.2, -0.15) is 0 Å². The number of rotatable bonds is 5. The van der Waals surface area contributed by atoms with Gasteiger partial charge in [0.15, 0.2) is 5.11 Å². The standard InChI is InChI=1S/C22H27N3O3S/c1-14(2)28-18-9-7-6-8-17(18)20(27)24-21(29)23-16-12-10-15(11-13-16)19(26)25-22(3,4)5/h6-14H,1-5H3,(H,25,26)(H2,23,24,27,29). The summed E-state index contributed by atoms with van der Waals surface area (Å²) in [6, 6.07) is 13.8. The maximum absolute atomic E-state index is 12.6. The third kappa shape index (κ3) is 7.19. The first-order valence-electron chi connectivity index (χ1n) is 9.36. The minimum absolute atomic E-state index is 0.0528. The topological polar surface area (TPSA) is 79.5 Å². The van der Waals surface area contributed by atoms with Gasteiger partial charge in [0.25, 0.3) is 11.8 Å². The quantitative estimate of drug-likeness (QED) is 0.643. The van der Waals surface area contributed by atoms with Crippen molar-refractivity contribution in [2.24, 2.45) is 0 Å². The number of para-hydroxylation sites is 1. The summed E-state index contributed by atoms with van der Waals surface area (Å²) in [5.74, 6) is -0.0152. The lowest BCUT2D eigenvalue weighted by Crippen LogP contribution is -2.40. The molecule has 0 unspecified atom stereocenters. The van der Waals surface area contributed by atoms with Crippen LogP contribution in [-0.2, 0) is 0 Å². The molecule has 0 fully saturated rings. The lowest BCUT2D eigenvalue weighted by Gasteiger charge is -2.20. The molecule has 0 aliphatic carbocycles. The Bertz CT molecular complexity index is 887. The predicted octanol–water partition coefficient (Wildman–Crippen LogP) is 4.13. The number of thiocarbonyl (C=S) groups is 1. The molecule has 3 N–H and O–H groups in total. The number of anilines is 1. The molecule has 2 aromatic carbocycles. The van der Waals surface area contributed by atoms with Gasteiger partial charge in [-0.3, -0.25) is 14.9 Å². The Morgan fingerprint density at radius 1 is 0.966 bits per heavy atom. The van der Waals surface area contributed by atoms with E-state index in [9.17, 15) is 9.59 Å². The third-order valence-electron chi connectivity index (χ3n) is 3.61. The Labute approximate surface area is 177 Å². The number of amides is 2. The highest BCUT2D eigenvalue weighted by Gasteiger charge is 2.16. The molecule has 2 rings (SSSR count). The molecule has 0 saturated heterocycles. The maximum Gasteiger partial charge on any atom is 0.261 e. The first-order valence-corrected chi connectivity index (χ1v) is 9.76. The monoisotopic (exact) mass is 413 g/mol. The Kier molecular flexibility index (Phi) is 7.34. The van der Waals surface area contributed by atoms with Gasteiger partial charge in [-0.1, -0.05) is 12.1 Å². The van der Waals surface area contributed by atoms with E-state index in [-0.39, 0.29) is 28.6 Å². The Morgan fingerprint density at radius 3 is 2.17 bits per heavy atom. The summed E-state index contributed by atoms with van der Waals surface area (Å²) in [7, 11) is 0. The molecule has 6 nitrogen and oxygen atoms in total. The molecule has 2 amide bonds. The van der Waals surface area contributed by atoms with Gasteiger partial charge in [-0.05, 0) is 83.2 Å². The Morgan fingerprint density at radius 2 is 1.59 bits per heavy atom. The van der Waals surface area contributed by atoms with E-state index in [1.54, 1.807) is 42.5 Å². The number of ether oxygens (including phenoxy) is 1. The van der Waals surface area contributed by atoms with E-state index in [0.29, 0.717) is 22.6 Å². The molecular formula is C22H27N3O3S. The van der Waals surface area contributed by atoms with Crippen LogP contribution in [-0.4, -0.2) is 28.6 Å². The summed E-state index contributed by atoms with van der Waals surface area (Å²) in [4.78, 5) is 24.7. The fourth-order valence-electron chi connectivity index (χ4n) is 2.46. The number of hydrogen-bond donors (Lipinski definition) is 3. The number of carbonyl (C=O) groups excluding carboxylic acids is 2. The summed E-state index contributed by atoms with van der Waals surface area (Å²) < 4.78 is 5.67. The fourth-order valence-corrected chi connectivity index (χ4v) is 2.67. The van der Waals surface area contributed by atoms with Crippen molar-refractivity contribution in [3.63, 3.8) is 0 Å². The molecule has 0 bridgehead atoms. The highest BCUT2D eigenvalue weighted by molar-refractivity contribution is 7.80. The maximum atomic E-state index is 12.6. The molecule has 0 atom stereocenters. The van der Waals surface area contributed by atoms with Crippen molar-refractivity contribution in [1.29, 1.82) is 0 Å². The molecule has 7 heteroatoms. The summed E-state index contributed by atoms with van der Waals surface area (Å²) in [6.45, 7) is 9.56.